The van der Waals surface area contributed by atoms with E-state index >= 15 is 0 Å². The van der Waals surface area contributed by atoms with E-state index in [1.807, 2.05) is 13.8 Å². The number of hydrogen-bond acceptors (Lipinski definition) is 3. The molecule has 0 bridgehead atoms. The van der Waals surface area contributed by atoms with Crippen LogP contribution in [0, 0.1) is 0 Å². The highest BCUT2D eigenvalue weighted by Gasteiger charge is 2.19. The number of methoxy groups -OCH3 is 1. The molecule has 0 saturated heterocycles. The van der Waals surface area contributed by atoms with Gasteiger partial charge in [0, 0.05) is 7.11 Å². The summed E-state index contributed by atoms with van der Waals surface area (Å²) in [5, 5.41) is 0. The van der Waals surface area contributed by atoms with Gasteiger partial charge in [-0.15, -0.1) is 0 Å². The van der Waals surface area contributed by atoms with Crippen molar-refractivity contribution in [2.24, 2.45) is 0 Å². The number of sulfonamides is 1. The van der Waals surface area contributed by atoms with Crippen molar-refractivity contribution in [2.75, 3.05) is 19.9 Å². The molecular weight excluding hydrogens is 178 g/mol. The molecule has 74 valence electrons. The highest BCUT2D eigenvalue weighted by Crippen LogP contribution is 2.13. The summed E-state index contributed by atoms with van der Waals surface area (Å²) in [7, 11) is -0.106. The fourth-order valence-corrected chi connectivity index (χ4v) is 1.55. The van der Waals surface area contributed by atoms with Gasteiger partial charge in [0.25, 0.3) is 0 Å². The minimum absolute atomic E-state index is 0.102. The molecule has 0 aromatic rings. The highest BCUT2D eigenvalue weighted by atomic mass is 32.2. The topological polar surface area (TPSA) is 55.4 Å². The van der Waals surface area contributed by atoms with Crippen LogP contribution in [-0.4, -0.2) is 33.9 Å². The monoisotopic (exact) mass is 195 g/mol. The van der Waals surface area contributed by atoms with Gasteiger partial charge in [-0.3, -0.25) is 0 Å². The van der Waals surface area contributed by atoms with Gasteiger partial charge in [-0.05, 0) is 27.3 Å². The Morgan fingerprint density at radius 1 is 1.42 bits per heavy atom. The summed E-state index contributed by atoms with van der Waals surface area (Å²) in [4.78, 5) is 0. The maximum Gasteiger partial charge on any atom is 0.211 e. The van der Waals surface area contributed by atoms with E-state index < -0.39 is 10.0 Å². The van der Waals surface area contributed by atoms with Crippen molar-refractivity contribution in [1.82, 2.24) is 4.72 Å². The lowest BCUT2D eigenvalue weighted by atomic mass is 10.1. The zero-order valence-electron chi connectivity index (χ0n) is 8.05. The number of nitrogens with one attached hydrogen (secondary N) is 1. The summed E-state index contributed by atoms with van der Waals surface area (Å²) < 4.78 is 29.3. The molecule has 0 spiro atoms. The first kappa shape index (κ1) is 11.9. The molecule has 0 atom stereocenters. The summed E-state index contributed by atoms with van der Waals surface area (Å²) in [6.45, 7) is 3.72. The second kappa shape index (κ2) is 4.20. The normalized spacial score (nSPS) is 13.3. The second-order valence-corrected chi connectivity index (χ2v) is 5.28. The van der Waals surface area contributed by atoms with Gasteiger partial charge >= 0.3 is 0 Å². The molecule has 0 aromatic heterocycles. The highest BCUT2D eigenvalue weighted by molar-refractivity contribution is 7.89. The lowest BCUT2D eigenvalue weighted by Crippen LogP contribution is -2.30. The Morgan fingerprint density at radius 3 is 2.25 bits per heavy atom. The lowest BCUT2D eigenvalue weighted by molar-refractivity contribution is 0.0202. The van der Waals surface area contributed by atoms with E-state index in [1.165, 1.54) is 7.05 Å². The molecule has 0 amide bonds. The summed E-state index contributed by atoms with van der Waals surface area (Å²) in [6.07, 6.45) is 0.493. The van der Waals surface area contributed by atoms with E-state index in [-0.39, 0.29) is 11.4 Å². The van der Waals surface area contributed by atoms with Gasteiger partial charge in [0.2, 0.25) is 10.0 Å². The van der Waals surface area contributed by atoms with Crippen molar-refractivity contribution in [1.29, 1.82) is 0 Å². The average Bonchev–Trinajstić information content (AvgIpc) is 2.02. The number of rotatable bonds is 5. The summed E-state index contributed by atoms with van der Waals surface area (Å²) >= 11 is 0. The summed E-state index contributed by atoms with van der Waals surface area (Å²) in [6, 6.07) is 0. The number of ether oxygens (including phenoxy) is 1. The molecule has 0 radical (unpaired) electrons. The third-order valence-electron chi connectivity index (χ3n) is 1.84. The van der Waals surface area contributed by atoms with E-state index in [0.717, 1.165) is 0 Å². The summed E-state index contributed by atoms with van der Waals surface area (Å²) in [5.41, 5.74) is -0.371. The Labute approximate surface area is 74.4 Å². The van der Waals surface area contributed by atoms with E-state index in [4.69, 9.17) is 4.74 Å². The molecular formula is C7H17NO3S. The van der Waals surface area contributed by atoms with Gasteiger partial charge in [-0.1, -0.05) is 0 Å². The van der Waals surface area contributed by atoms with Crippen molar-refractivity contribution in [3.05, 3.63) is 0 Å². The van der Waals surface area contributed by atoms with E-state index in [2.05, 4.69) is 4.72 Å². The third-order valence-corrected chi connectivity index (χ3v) is 3.20. The van der Waals surface area contributed by atoms with E-state index in [1.54, 1.807) is 7.11 Å². The first-order valence-corrected chi connectivity index (χ1v) is 5.44. The van der Waals surface area contributed by atoms with Crippen LogP contribution in [0.4, 0.5) is 0 Å². The molecule has 0 aliphatic carbocycles. The zero-order valence-corrected chi connectivity index (χ0v) is 8.86. The Bertz CT molecular complexity index is 221. The van der Waals surface area contributed by atoms with Crippen LogP contribution in [0.15, 0.2) is 0 Å². The van der Waals surface area contributed by atoms with Crippen LogP contribution < -0.4 is 4.72 Å². The first-order valence-electron chi connectivity index (χ1n) is 3.79. The van der Waals surface area contributed by atoms with Crippen molar-refractivity contribution in [3.8, 4) is 0 Å². The molecule has 0 aliphatic heterocycles. The number of hydrogen-bond donors (Lipinski definition) is 1. The smallest absolute Gasteiger partial charge is 0.211 e. The quantitative estimate of drug-likeness (QED) is 0.688. The molecule has 5 heteroatoms. The maximum absolute atomic E-state index is 11.0. The molecule has 0 aromatic carbocycles. The van der Waals surface area contributed by atoms with Gasteiger partial charge < -0.3 is 4.74 Å². The van der Waals surface area contributed by atoms with Gasteiger partial charge in [-0.25, -0.2) is 13.1 Å². The van der Waals surface area contributed by atoms with Crippen LogP contribution in [0.2, 0.25) is 0 Å². The minimum Gasteiger partial charge on any atom is -0.379 e. The Balaban J connectivity index is 4.00. The maximum atomic E-state index is 11.0. The van der Waals surface area contributed by atoms with Crippen LogP contribution in [0.5, 0.6) is 0 Å². The molecule has 0 heterocycles. The predicted octanol–water partition coefficient (Wildman–Crippen LogP) is 0.351. The molecule has 0 unspecified atom stereocenters. The Kier molecular flexibility index (Phi) is 4.16. The molecule has 0 fully saturated rings. The van der Waals surface area contributed by atoms with Crippen molar-refractivity contribution in [2.45, 2.75) is 25.9 Å². The molecule has 0 saturated carbocycles. The van der Waals surface area contributed by atoms with E-state index in [9.17, 15) is 8.42 Å². The molecule has 0 aliphatic rings. The largest absolute Gasteiger partial charge is 0.379 e. The molecule has 0 rings (SSSR count). The van der Waals surface area contributed by atoms with Crippen LogP contribution in [-0.2, 0) is 14.8 Å². The molecule has 12 heavy (non-hydrogen) atoms. The molecule has 1 N–H and O–H groups in total. The van der Waals surface area contributed by atoms with Crippen LogP contribution in [0.1, 0.15) is 20.3 Å². The second-order valence-electron chi connectivity index (χ2n) is 3.24. The third kappa shape index (κ3) is 4.69. The predicted molar refractivity (Wildman–Crippen MR) is 48.6 cm³/mol. The fraction of sp³-hybridized carbons (Fsp3) is 1.00. The SMILES string of the molecule is CNS(=O)(=O)CCC(C)(C)OC. The Morgan fingerprint density at radius 2 is 1.92 bits per heavy atom. The van der Waals surface area contributed by atoms with Gasteiger partial charge in [0.05, 0.1) is 11.4 Å². The van der Waals surface area contributed by atoms with Crippen LogP contribution in [0.3, 0.4) is 0 Å². The minimum atomic E-state index is -3.09. The lowest BCUT2D eigenvalue weighted by Gasteiger charge is -2.22. The van der Waals surface area contributed by atoms with Crippen molar-refractivity contribution < 1.29 is 13.2 Å². The van der Waals surface area contributed by atoms with Crippen LogP contribution >= 0.6 is 0 Å². The van der Waals surface area contributed by atoms with Gasteiger partial charge in [0.15, 0.2) is 0 Å². The molecule has 4 nitrogen and oxygen atoms in total. The van der Waals surface area contributed by atoms with Crippen LogP contribution in [0.25, 0.3) is 0 Å². The van der Waals surface area contributed by atoms with E-state index in [0.29, 0.717) is 6.42 Å². The van der Waals surface area contributed by atoms with Crippen molar-refractivity contribution >= 4 is 10.0 Å². The van der Waals surface area contributed by atoms with Gasteiger partial charge in [-0.2, -0.15) is 0 Å². The fourth-order valence-electron chi connectivity index (χ4n) is 0.584. The Hall–Kier alpha value is -0.130. The summed E-state index contributed by atoms with van der Waals surface area (Å²) in [5.74, 6) is 0.102. The standard InChI is InChI=1S/C7H17NO3S/c1-7(2,11-4)5-6-12(9,10)8-3/h8H,5-6H2,1-4H3. The van der Waals surface area contributed by atoms with Crippen molar-refractivity contribution in [3.63, 3.8) is 0 Å². The zero-order chi connectivity index (χ0) is 9.83. The first-order chi connectivity index (χ1) is 5.33. The average molecular weight is 195 g/mol. The van der Waals surface area contributed by atoms with Gasteiger partial charge in [0.1, 0.15) is 0 Å².